The molecule has 1 atom stereocenters. The zero-order chi connectivity index (χ0) is 17.8. The summed E-state index contributed by atoms with van der Waals surface area (Å²) in [7, 11) is 0. The minimum absolute atomic E-state index is 0.225. The van der Waals surface area contributed by atoms with Gasteiger partial charge in [-0.1, -0.05) is 29.8 Å². The second-order valence-electron chi connectivity index (χ2n) is 6.00. The Morgan fingerprint density at radius 3 is 2.56 bits per heavy atom. The van der Waals surface area contributed by atoms with Gasteiger partial charge < -0.3 is 15.4 Å². The molecule has 3 rings (SSSR count). The third-order valence-corrected chi connectivity index (χ3v) is 4.15. The quantitative estimate of drug-likeness (QED) is 0.828. The maximum atomic E-state index is 12.3. The van der Waals surface area contributed by atoms with Gasteiger partial charge in [-0.15, -0.1) is 0 Å². The molecule has 6 heteroatoms. The van der Waals surface area contributed by atoms with Gasteiger partial charge in [-0.25, -0.2) is 0 Å². The normalized spacial score (nSPS) is 14.5. The van der Waals surface area contributed by atoms with Crippen LogP contribution in [0.25, 0.3) is 0 Å². The fraction of sp³-hybridized carbons (Fsp3) is 0.263. The highest BCUT2D eigenvalue weighted by Gasteiger charge is 2.25. The number of nitrogens with one attached hydrogen (secondary N) is 2. The van der Waals surface area contributed by atoms with Crippen molar-refractivity contribution in [1.82, 2.24) is 5.32 Å². The highest BCUT2D eigenvalue weighted by Crippen LogP contribution is 2.24. The largest absolute Gasteiger partial charge is 0.481 e. The van der Waals surface area contributed by atoms with Gasteiger partial charge >= 0.3 is 0 Å². The van der Waals surface area contributed by atoms with Crippen molar-refractivity contribution in [2.75, 3.05) is 5.32 Å². The lowest BCUT2D eigenvalue weighted by atomic mass is 10.1. The number of rotatable bonds is 6. The Labute approximate surface area is 151 Å². The highest BCUT2D eigenvalue weighted by atomic mass is 35.5. The first-order valence-corrected chi connectivity index (χ1v) is 8.53. The van der Waals surface area contributed by atoms with Gasteiger partial charge in [0.15, 0.2) is 6.10 Å². The molecule has 25 heavy (non-hydrogen) atoms. The van der Waals surface area contributed by atoms with Crippen LogP contribution in [0.4, 0.5) is 5.69 Å². The van der Waals surface area contributed by atoms with Crippen LogP contribution >= 0.6 is 11.6 Å². The number of carbonyl (C=O) groups excluding carboxylic acids is 2. The van der Waals surface area contributed by atoms with E-state index in [-0.39, 0.29) is 17.9 Å². The summed E-state index contributed by atoms with van der Waals surface area (Å²) >= 11 is 6.10. The molecule has 0 heterocycles. The molecule has 1 aliphatic rings. The topological polar surface area (TPSA) is 67.4 Å². The first-order chi connectivity index (χ1) is 12.0. The zero-order valence-electron chi connectivity index (χ0n) is 13.8. The Hall–Kier alpha value is -2.53. The van der Waals surface area contributed by atoms with Crippen LogP contribution in [0.15, 0.2) is 48.5 Å². The SMILES string of the molecule is CC(Oc1ccccc1)C(=O)Nc1ccc(Cl)c(C(=O)NC2CC2)c1. The van der Waals surface area contributed by atoms with Gasteiger partial charge in [-0.2, -0.15) is 0 Å². The van der Waals surface area contributed by atoms with Crippen molar-refractivity contribution in [3.63, 3.8) is 0 Å². The molecule has 1 aliphatic carbocycles. The summed E-state index contributed by atoms with van der Waals surface area (Å²) in [6, 6.07) is 14.2. The van der Waals surface area contributed by atoms with Crippen molar-refractivity contribution in [3.8, 4) is 5.75 Å². The Balaban J connectivity index is 1.65. The minimum atomic E-state index is -0.679. The first kappa shape index (κ1) is 17.3. The number of hydrogen-bond donors (Lipinski definition) is 2. The second kappa shape index (κ2) is 7.57. The van der Waals surface area contributed by atoms with E-state index in [0.717, 1.165) is 12.8 Å². The van der Waals surface area contributed by atoms with Crippen molar-refractivity contribution in [2.24, 2.45) is 0 Å². The molecule has 5 nitrogen and oxygen atoms in total. The highest BCUT2D eigenvalue weighted by molar-refractivity contribution is 6.34. The molecule has 0 radical (unpaired) electrons. The predicted octanol–water partition coefficient (Wildman–Crippen LogP) is 3.64. The second-order valence-corrected chi connectivity index (χ2v) is 6.41. The van der Waals surface area contributed by atoms with Crippen molar-refractivity contribution in [2.45, 2.75) is 31.9 Å². The van der Waals surface area contributed by atoms with Gasteiger partial charge in [0.1, 0.15) is 5.75 Å². The monoisotopic (exact) mass is 358 g/mol. The Kier molecular flexibility index (Phi) is 5.24. The fourth-order valence-corrected chi connectivity index (χ4v) is 2.47. The van der Waals surface area contributed by atoms with Crippen LogP contribution in [-0.4, -0.2) is 24.0 Å². The third-order valence-electron chi connectivity index (χ3n) is 3.82. The zero-order valence-corrected chi connectivity index (χ0v) is 14.5. The predicted molar refractivity (Wildman–Crippen MR) is 97.1 cm³/mol. The van der Waals surface area contributed by atoms with E-state index in [0.29, 0.717) is 22.0 Å². The van der Waals surface area contributed by atoms with Crippen LogP contribution < -0.4 is 15.4 Å². The molecule has 2 amide bonds. The molecule has 2 aromatic rings. The molecular formula is C19H19ClN2O3. The van der Waals surface area contributed by atoms with E-state index in [1.54, 1.807) is 37.3 Å². The van der Waals surface area contributed by atoms with Gasteiger partial charge in [0.25, 0.3) is 11.8 Å². The Morgan fingerprint density at radius 1 is 1.16 bits per heavy atom. The average molecular weight is 359 g/mol. The van der Waals surface area contributed by atoms with Gasteiger partial charge in [-0.3, -0.25) is 9.59 Å². The van der Waals surface area contributed by atoms with E-state index >= 15 is 0 Å². The molecule has 0 aromatic heterocycles. The van der Waals surface area contributed by atoms with Gasteiger partial charge in [0.2, 0.25) is 0 Å². The summed E-state index contributed by atoms with van der Waals surface area (Å²) in [6.07, 6.45) is 1.31. The molecule has 1 unspecified atom stereocenters. The summed E-state index contributed by atoms with van der Waals surface area (Å²) in [5.41, 5.74) is 0.849. The van der Waals surface area contributed by atoms with Crippen LogP contribution in [0.2, 0.25) is 5.02 Å². The molecule has 0 aliphatic heterocycles. The molecule has 0 saturated heterocycles. The molecule has 130 valence electrons. The van der Waals surface area contributed by atoms with Crippen LogP contribution in [0.3, 0.4) is 0 Å². The van der Waals surface area contributed by atoms with E-state index in [4.69, 9.17) is 16.3 Å². The summed E-state index contributed by atoms with van der Waals surface area (Å²) in [5.74, 6) is 0.0858. The molecule has 1 fully saturated rings. The van der Waals surface area contributed by atoms with Crippen molar-refractivity contribution < 1.29 is 14.3 Å². The van der Waals surface area contributed by atoms with E-state index in [1.807, 2.05) is 18.2 Å². The summed E-state index contributed by atoms with van der Waals surface area (Å²) in [4.78, 5) is 24.5. The number of hydrogen-bond acceptors (Lipinski definition) is 3. The van der Waals surface area contributed by atoms with E-state index < -0.39 is 6.10 Å². The smallest absolute Gasteiger partial charge is 0.265 e. The van der Waals surface area contributed by atoms with Gasteiger partial charge in [-0.05, 0) is 50.1 Å². The van der Waals surface area contributed by atoms with Crippen LogP contribution in [-0.2, 0) is 4.79 Å². The van der Waals surface area contributed by atoms with Gasteiger partial charge in [0.05, 0.1) is 10.6 Å². The number of halogens is 1. The maximum absolute atomic E-state index is 12.3. The molecule has 2 aromatic carbocycles. The van der Waals surface area contributed by atoms with Crippen molar-refractivity contribution in [1.29, 1.82) is 0 Å². The molecule has 2 N–H and O–H groups in total. The number of ether oxygens (including phenoxy) is 1. The lowest BCUT2D eigenvalue weighted by Gasteiger charge is -2.15. The number of carbonyl (C=O) groups is 2. The summed E-state index contributed by atoms with van der Waals surface area (Å²) < 4.78 is 5.59. The fourth-order valence-electron chi connectivity index (χ4n) is 2.27. The summed E-state index contributed by atoms with van der Waals surface area (Å²) in [6.45, 7) is 1.67. The summed E-state index contributed by atoms with van der Waals surface area (Å²) in [5, 5.41) is 5.99. The van der Waals surface area contributed by atoms with E-state index in [2.05, 4.69) is 10.6 Å². The standard InChI is InChI=1S/C19H19ClN2O3/c1-12(25-15-5-3-2-4-6-15)18(23)22-14-9-10-17(20)16(11-14)19(24)21-13-7-8-13/h2-6,9-13H,7-8H2,1H3,(H,21,24)(H,22,23). The third kappa shape index (κ3) is 4.73. The molecular weight excluding hydrogens is 340 g/mol. The lowest BCUT2D eigenvalue weighted by molar-refractivity contribution is -0.122. The Morgan fingerprint density at radius 2 is 1.88 bits per heavy atom. The van der Waals surface area contributed by atoms with E-state index in [9.17, 15) is 9.59 Å². The molecule has 1 saturated carbocycles. The number of anilines is 1. The minimum Gasteiger partial charge on any atom is -0.481 e. The maximum Gasteiger partial charge on any atom is 0.265 e. The number of benzene rings is 2. The number of para-hydroxylation sites is 1. The average Bonchev–Trinajstić information content (AvgIpc) is 3.41. The molecule has 0 bridgehead atoms. The molecule has 0 spiro atoms. The Bertz CT molecular complexity index is 775. The van der Waals surface area contributed by atoms with Crippen LogP contribution in [0, 0.1) is 0 Å². The van der Waals surface area contributed by atoms with Crippen molar-refractivity contribution >= 4 is 29.1 Å². The van der Waals surface area contributed by atoms with Gasteiger partial charge in [0, 0.05) is 11.7 Å². The van der Waals surface area contributed by atoms with Crippen molar-refractivity contribution in [3.05, 3.63) is 59.1 Å². The number of amides is 2. The van der Waals surface area contributed by atoms with E-state index in [1.165, 1.54) is 0 Å². The lowest BCUT2D eigenvalue weighted by Crippen LogP contribution is -2.30. The van der Waals surface area contributed by atoms with Crippen LogP contribution in [0.1, 0.15) is 30.1 Å². The first-order valence-electron chi connectivity index (χ1n) is 8.16. The van der Waals surface area contributed by atoms with Crippen LogP contribution in [0.5, 0.6) is 5.75 Å².